The molecule has 2 aliphatic rings. The third kappa shape index (κ3) is 5.40. The Morgan fingerprint density at radius 1 is 1.21 bits per heavy atom. The summed E-state index contributed by atoms with van der Waals surface area (Å²) >= 11 is 0. The maximum absolute atomic E-state index is 11.4. The van der Waals surface area contributed by atoms with Gasteiger partial charge < -0.3 is 5.32 Å². The molecule has 1 heterocycles. The Hall–Kier alpha value is -0.130. The average molecular weight is 288 g/mol. The van der Waals surface area contributed by atoms with Crippen molar-refractivity contribution in [1.29, 1.82) is 0 Å². The molecular formula is C14H28N2O2S. The molecule has 1 saturated heterocycles. The summed E-state index contributed by atoms with van der Waals surface area (Å²) in [6, 6.07) is 0.990. The van der Waals surface area contributed by atoms with Crippen LogP contribution in [0.2, 0.25) is 0 Å². The van der Waals surface area contributed by atoms with Crippen LogP contribution in [-0.2, 0) is 9.84 Å². The first-order chi connectivity index (χ1) is 8.96. The fourth-order valence-electron chi connectivity index (χ4n) is 2.71. The van der Waals surface area contributed by atoms with Crippen LogP contribution in [0.5, 0.6) is 0 Å². The van der Waals surface area contributed by atoms with E-state index in [0.29, 0.717) is 11.5 Å². The van der Waals surface area contributed by atoms with E-state index in [4.69, 9.17) is 0 Å². The molecule has 1 atom stereocenters. The Balaban J connectivity index is 1.65. The summed E-state index contributed by atoms with van der Waals surface area (Å²) in [6.45, 7) is 7.72. The van der Waals surface area contributed by atoms with Crippen molar-refractivity contribution in [3.05, 3.63) is 0 Å². The Morgan fingerprint density at radius 2 is 1.95 bits per heavy atom. The van der Waals surface area contributed by atoms with Gasteiger partial charge in [-0.05, 0) is 38.1 Å². The molecule has 0 amide bonds. The third-order valence-electron chi connectivity index (χ3n) is 4.12. The van der Waals surface area contributed by atoms with Crippen LogP contribution in [0.15, 0.2) is 0 Å². The molecule has 2 fully saturated rings. The zero-order chi connectivity index (χ0) is 13.9. The van der Waals surface area contributed by atoms with E-state index in [1.165, 1.54) is 25.8 Å². The van der Waals surface area contributed by atoms with Crippen molar-refractivity contribution in [2.24, 2.45) is 5.92 Å². The molecule has 5 heteroatoms. The second-order valence-electron chi connectivity index (χ2n) is 6.50. The highest BCUT2D eigenvalue weighted by molar-refractivity contribution is 7.91. The predicted octanol–water partition coefficient (Wildman–Crippen LogP) is 1.27. The van der Waals surface area contributed by atoms with Gasteiger partial charge in [0.25, 0.3) is 0 Å². The maximum atomic E-state index is 11.4. The van der Waals surface area contributed by atoms with Gasteiger partial charge in [-0.15, -0.1) is 0 Å². The summed E-state index contributed by atoms with van der Waals surface area (Å²) in [5.41, 5.74) is 0. The molecule has 0 radical (unpaired) electrons. The molecule has 112 valence electrons. The zero-order valence-corrected chi connectivity index (χ0v) is 13.1. The highest BCUT2D eigenvalue weighted by Gasteiger charge is 2.30. The first-order valence-corrected chi connectivity index (χ1v) is 9.46. The first kappa shape index (κ1) is 15.3. The molecule has 4 nitrogen and oxygen atoms in total. The lowest BCUT2D eigenvalue weighted by molar-refractivity contribution is 0.245. The van der Waals surface area contributed by atoms with Crippen molar-refractivity contribution in [3.8, 4) is 0 Å². The smallest absolute Gasteiger partial charge is 0.151 e. The van der Waals surface area contributed by atoms with Gasteiger partial charge in [0, 0.05) is 25.2 Å². The van der Waals surface area contributed by atoms with Crippen LogP contribution >= 0.6 is 0 Å². The standard InChI is InChI=1S/C14H28N2O2S/c1-12(2)5-8-16(14-3-4-14)9-7-15-13-6-10-19(17,18)11-13/h12-15H,3-11H2,1-2H3. The summed E-state index contributed by atoms with van der Waals surface area (Å²) in [7, 11) is -2.75. The molecule has 0 aromatic carbocycles. The van der Waals surface area contributed by atoms with Gasteiger partial charge in [-0.3, -0.25) is 4.90 Å². The molecule has 0 bridgehead atoms. The topological polar surface area (TPSA) is 49.4 Å². The lowest BCUT2D eigenvalue weighted by atomic mass is 10.1. The Bertz CT molecular complexity index is 377. The minimum Gasteiger partial charge on any atom is -0.312 e. The summed E-state index contributed by atoms with van der Waals surface area (Å²) in [4.78, 5) is 2.58. The average Bonchev–Trinajstić information content (AvgIpc) is 3.09. The Morgan fingerprint density at radius 3 is 2.47 bits per heavy atom. The molecule has 1 aliphatic carbocycles. The van der Waals surface area contributed by atoms with Crippen molar-refractivity contribution < 1.29 is 8.42 Å². The summed E-state index contributed by atoms with van der Waals surface area (Å²) in [6.07, 6.45) is 4.73. The van der Waals surface area contributed by atoms with Crippen LogP contribution in [0.3, 0.4) is 0 Å². The molecule has 1 N–H and O–H groups in total. The highest BCUT2D eigenvalue weighted by atomic mass is 32.2. The number of sulfone groups is 1. The lowest BCUT2D eigenvalue weighted by Crippen LogP contribution is -2.39. The molecular weight excluding hydrogens is 260 g/mol. The van der Waals surface area contributed by atoms with E-state index in [0.717, 1.165) is 31.5 Å². The fraction of sp³-hybridized carbons (Fsp3) is 1.00. The lowest BCUT2D eigenvalue weighted by Gasteiger charge is -2.24. The van der Waals surface area contributed by atoms with Gasteiger partial charge in [-0.25, -0.2) is 8.42 Å². The normalized spacial score (nSPS) is 26.4. The minimum atomic E-state index is -2.75. The molecule has 0 spiro atoms. The van der Waals surface area contributed by atoms with Crippen molar-refractivity contribution in [2.45, 2.75) is 51.6 Å². The van der Waals surface area contributed by atoms with Gasteiger partial charge in [0.1, 0.15) is 0 Å². The van der Waals surface area contributed by atoms with Crippen molar-refractivity contribution >= 4 is 9.84 Å². The van der Waals surface area contributed by atoms with Crippen LogP contribution in [0.25, 0.3) is 0 Å². The van der Waals surface area contributed by atoms with Gasteiger partial charge in [0.15, 0.2) is 9.84 Å². The van der Waals surface area contributed by atoms with E-state index < -0.39 is 9.84 Å². The first-order valence-electron chi connectivity index (χ1n) is 7.64. The van der Waals surface area contributed by atoms with Crippen molar-refractivity contribution in [1.82, 2.24) is 10.2 Å². The van der Waals surface area contributed by atoms with Crippen LogP contribution in [0.4, 0.5) is 0 Å². The molecule has 0 aromatic rings. The molecule has 19 heavy (non-hydrogen) atoms. The molecule has 1 aliphatic heterocycles. The SMILES string of the molecule is CC(C)CCN(CCNC1CCS(=O)(=O)C1)C1CC1. The largest absolute Gasteiger partial charge is 0.312 e. The summed E-state index contributed by atoms with van der Waals surface area (Å²) in [5, 5.41) is 3.42. The van der Waals surface area contributed by atoms with Gasteiger partial charge in [0.05, 0.1) is 11.5 Å². The molecule has 0 aromatic heterocycles. The van der Waals surface area contributed by atoms with E-state index >= 15 is 0 Å². The van der Waals surface area contributed by atoms with Crippen LogP contribution < -0.4 is 5.32 Å². The van der Waals surface area contributed by atoms with E-state index in [-0.39, 0.29) is 6.04 Å². The van der Waals surface area contributed by atoms with Crippen LogP contribution in [-0.4, -0.2) is 56.5 Å². The second kappa shape index (κ2) is 6.55. The van der Waals surface area contributed by atoms with Gasteiger partial charge >= 0.3 is 0 Å². The Labute approximate surface area is 117 Å². The second-order valence-corrected chi connectivity index (χ2v) is 8.73. The maximum Gasteiger partial charge on any atom is 0.151 e. The third-order valence-corrected chi connectivity index (χ3v) is 5.89. The van der Waals surface area contributed by atoms with Gasteiger partial charge in [-0.2, -0.15) is 0 Å². The number of hydrogen-bond acceptors (Lipinski definition) is 4. The highest BCUT2D eigenvalue weighted by Crippen LogP contribution is 2.27. The number of rotatable bonds is 8. The number of hydrogen-bond donors (Lipinski definition) is 1. The van der Waals surface area contributed by atoms with E-state index in [9.17, 15) is 8.42 Å². The predicted molar refractivity (Wildman–Crippen MR) is 79.1 cm³/mol. The van der Waals surface area contributed by atoms with E-state index in [2.05, 4.69) is 24.1 Å². The van der Waals surface area contributed by atoms with Crippen LogP contribution in [0, 0.1) is 5.92 Å². The minimum absolute atomic E-state index is 0.191. The summed E-state index contributed by atoms with van der Waals surface area (Å²) < 4.78 is 22.8. The van der Waals surface area contributed by atoms with E-state index in [1.54, 1.807) is 0 Å². The molecule has 2 rings (SSSR count). The van der Waals surface area contributed by atoms with Crippen molar-refractivity contribution in [2.75, 3.05) is 31.1 Å². The van der Waals surface area contributed by atoms with E-state index in [1.807, 2.05) is 0 Å². The van der Waals surface area contributed by atoms with Gasteiger partial charge in [0.2, 0.25) is 0 Å². The zero-order valence-electron chi connectivity index (χ0n) is 12.3. The molecule has 1 saturated carbocycles. The summed E-state index contributed by atoms with van der Waals surface area (Å²) in [5.74, 6) is 1.46. The quantitative estimate of drug-likeness (QED) is 0.731. The fourth-order valence-corrected chi connectivity index (χ4v) is 4.42. The molecule has 1 unspecified atom stereocenters. The number of nitrogens with zero attached hydrogens (tertiary/aromatic N) is 1. The van der Waals surface area contributed by atoms with Gasteiger partial charge in [-0.1, -0.05) is 13.8 Å². The Kier molecular flexibility index (Phi) is 5.26. The van der Waals surface area contributed by atoms with Crippen molar-refractivity contribution in [3.63, 3.8) is 0 Å². The monoisotopic (exact) mass is 288 g/mol. The number of nitrogens with one attached hydrogen (secondary N) is 1. The van der Waals surface area contributed by atoms with Crippen LogP contribution in [0.1, 0.15) is 39.5 Å².